The fraction of sp³-hybridized carbons (Fsp3) is 0.571. The fourth-order valence-corrected chi connectivity index (χ4v) is 29.2. The first-order valence-electron chi connectivity index (χ1n) is 26.2. The quantitative estimate of drug-likeness (QED) is 0.0327. The van der Waals surface area contributed by atoms with Crippen LogP contribution in [0.4, 0.5) is 26.3 Å². The standard InChI is InChI=1S/C56H81F6NP2Si2/c1-7-13-38-66(39-14-8-2,40-15-9-3)49-32-26-30-47(44-49)64(53-36-24-22-34-51(53)55(57,58)59)63(46-28-20-19-21-29-46)65(54-37-25-23-35-52(54)56(60,61)62)48-31-27-33-50(45-48)67(41-16-10-4,42-17-11-5)43-18-12-6/h22-27,30-37,44-46H,7-21,28-29,38-43H2,1-6H3. The molecule has 370 valence electrons. The van der Waals surface area contributed by atoms with Crippen LogP contribution in [-0.4, -0.2) is 26.6 Å². The van der Waals surface area contributed by atoms with Crippen LogP contribution in [0.1, 0.15) is 162 Å². The Morgan fingerprint density at radius 1 is 0.448 bits per heavy atom. The predicted octanol–water partition coefficient (Wildman–Crippen LogP) is 16.9. The summed E-state index contributed by atoms with van der Waals surface area (Å²) in [6.07, 6.45) is 8.04. The van der Waals surface area contributed by atoms with Gasteiger partial charge in [-0.1, -0.05) is 269 Å². The first-order chi connectivity index (χ1) is 32.2. The lowest BCUT2D eigenvalue weighted by atomic mass is 9.96. The van der Waals surface area contributed by atoms with Crippen LogP contribution in [-0.2, 0) is 12.4 Å². The molecule has 0 N–H and O–H groups in total. The van der Waals surface area contributed by atoms with Gasteiger partial charge in [0.2, 0.25) is 0 Å². The van der Waals surface area contributed by atoms with Crippen molar-refractivity contribution in [2.75, 3.05) is 0 Å². The van der Waals surface area contributed by atoms with Gasteiger partial charge in [-0.25, -0.2) is 4.44 Å². The summed E-state index contributed by atoms with van der Waals surface area (Å²) in [5.74, 6) is 0. The normalized spacial score (nSPS) is 15.3. The lowest BCUT2D eigenvalue weighted by Crippen LogP contribution is -2.49. The molecule has 2 atom stereocenters. The third-order valence-corrected chi connectivity index (χ3v) is 31.4. The highest BCUT2D eigenvalue weighted by atomic mass is 31.2. The zero-order valence-corrected chi connectivity index (χ0v) is 45.5. The summed E-state index contributed by atoms with van der Waals surface area (Å²) >= 11 is 0. The van der Waals surface area contributed by atoms with E-state index in [9.17, 15) is 0 Å². The van der Waals surface area contributed by atoms with E-state index in [2.05, 4.69) is 82.4 Å². The molecular weight excluding hydrogens is 919 g/mol. The van der Waals surface area contributed by atoms with Gasteiger partial charge in [0.15, 0.2) is 0 Å². The van der Waals surface area contributed by atoms with Crippen LogP contribution < -0.4 is 31.6 Å². The number of alkyl halides is 6. The molecule has 0 heterocycles. The monoisotopic (exact) mass is 1000 g/mol. The van der Waals surface area contributed by atoms with Crippen LogP contribution >= 0.6 is 16.1 Å². The first kappa shape index (κ1) is 55.6. The smallest absolute Gasteiger partial charge is 0.242 e. The highest BCUT2D eigenvalue weighted by Gasteiger charge is 2.46. The van der Waals surface area contributed by atoms with Gasteiger partial charge in [0, 0.05) is 32.8 Å². The number of rotatable bonds is 27. The van der Waals surface area contributed by atoms with Crippen molar-refractivity contribution in [2.24, 2.45) is 0 Å². The molecule has 11 heteroatoms. The van der Waals surface area contributed by atoms with Crippen LogP contribution in [0.25, 0.3) is 0 Å². The van der Waals surface area contributed by atoms with E-state index in [0.717, 1.165) is 156 Å². The molecule has 4 aromatic carbocycles. The van der Waals surface area contributed by atoms with Gasteiger partial charge in [-0.15, -0.1) is 0 Å². The highest BCUT2D eigenvalue weighted by Crippen LogP contribution is 2.60. The van der Waals surface area contributed by atoms with E-state index in [0.29, 0.717) is 0 Å². The van der Waals surface area contributed by atoms with Gasteiger partial charge in [0.25, 0.3) is 0 Å². The number of benzene rings is 4. The first-order valence-corrected chi connectivity index (χ1v) is 34.0. The van der Waals surface area contributed by atoms with Crippen molar-refractivity contribution in [1.29, 1.82) is 0 Å². The topological polar surface area (TPSA) is 3.24 Å². The SMILES string of the molecule is CCCC[Si](CCCC)(CCCC)c1cccc(P(c2ccccc2C(F)(F)F)N(C2CCCCC2)P(c2cccc([Si](CCCC)(CCCC)CCCC)c2)c2ccccc2C(F)(F)F)c1. The number of nitrogens with zero attached hydrogens (tertiary/aromatic N) is 1. The van der Waals surface area contributed by atoms with E-state index in [1.165, 1.54) is 34.6 Å². The number of halogens is 6. The van der Waals surface area contributed by atoms with E-state index in [1.807, 2.05) is 12.1 Å². The van der Waals surface area contributed by atoms with E-state index >= 15 is 26.3 Å². The van der Waals surface area contributed by atoms with E-state index in [-0.39, 0.29) is 16.7 Å². The van der Waals surface area contributed by atoms with Crippen molar-refractivity contribution in [3.63, 3.8) is 0 Å². The van der Waals surface area contributed by atoms with Gasteiger partial charge in [-0.05, 0) is 35.6 Å². The van der Waals surface area contributed by atoms with Gasteiger partial charge < -0.3 is 0 Å². The molecule has 0 bridgehead atoms. The molecule has 1 fully saturated rings. The summed E-state index contributed by atoms with van der Waals surface area (Å²) in [6, 6.07) is 36.0. The average molecular weight is 1000 g/mol. The molecule has 67 heavy (non-hydrogen) atoms. The lowest BCUT2D eigenvalue weighted by Gasteiger charge is -2.46. The Balaban J connectivity index is 1.95. The van der Waals surface area contributed by atoms with Gasteiger partial charge >= 0.3 is 12.4 Å². The molecule has 4 aromatic rings. The zero-order chi connectivity index (χ0) is 48.5. The summed E-state index contributed by atoms with van der Waals surface area (Å²) in [5.41, 5.74) is -1.37. The summed E-state index contributed by atoms with van der Waals surface area (Å²) in [5, 5.41) is 4.68. The third-order valence-electron chi connectivity index (χ3n) is 14.6. The van der Waals surface area contributed by atoms with Crippen molar-refractivity contribution in [3.8, 4) is 0 Å². The van der Waals surface area contributed by atoms with Crippen molar-refractivity contribution in [3.05, 3.63) is 108 Å². The lowest BCUT2D eigenvalue weighted by molar-refractivity contribution is -0.137. The maximum atomic E-state index is 15.7. The Hall–Kier alpha value is -2.29. The molecule has 1 aliphatic carbocycles. The van der Waals surface area contributed by atoms with Gasteiger partial charge in [-0.2, -0.15) is 26.3 Å². The number of hydrogen-bond acceptors (Lipinski definition) is 1. The molecule has 1 saturated carbocycles. The minimum Gasteiger partial charge on any atom is -0.242 e. The molecule has 0 saturated heterocycles. The number of unbranched alkanes of at least 4 members (excludes halogenated alkanes) is 6. The second-order valence-corrected chi connectivity index (χ2v) is 33.2. The Morgan fingerprint density at radius 2 is 0.776 bits per heavy atom. The van der Waals surface area contributed by atoms with Crippen LogP contribution in [0.3, 0.4) is 0 Å². The largest absolute Gasteiger partial charge is 0.417 e. The molecule has 0 radical (unpaired) electrons. The molecule has 2 unspecified atom stereocenters. The molecule has 0 spiro atoms. The van der Waals surface area contributed by atoms with Gasteiger partial charge in [0.05, 0.1) is 27.3 Å². The van der Waals surface area contributed by atoms with Crippen molar-refractivity contribution < 1.29 is 26.3 Å². The third kappa shape index (κ3) is 14.4. The Morgan fingerprint density at radius 3 is 1.09 bits per heavy atom. The Bertz CT molecular complexity index is 1890. The molecular formula is C56H81F6NP2Si2. The zero-order valence-electron chi connectivity index (χ0n) is 41.7. The Labute approximate surface area is 406 Å². The van der Waals surface area contributed by atoms with Crippen LogP contribution in [0.15, 0.2) is 97.1 Å². The van der Waals surface area contributed by atoms with Crippen molar-refractivity contribution in [1.82, 2.24) is 4.44 Å². The maximum absolute atomic E-state index is 15.7. The molecule has 0 aromatic heterocycles. The molecule has 0 aliphatic heterocycles. The summed E-state index contributed by atoms with van der Waals surface area (Å²) in [4.78, 5) is 0. The Kier molecular flexibility index (Phi) is 22.2. The number of hydrogen-bond donors (Lipinski definition) is 0. The second kappa shape index (κ2) is 26.8. The van der Waals surface area contributed by atoms with Crippen LogP contribution in [0.5, 0.6) is 0 Å². The van der Waals surface area contributed by atoms with Crippen LogP contribution in [0, 0.1) is 0 Å². The maximum Gasteiger partial charge on any atom is 0.417 e. The van der Waals surface area contributed by atoms with Crippen molar-refractivity contribution >= 4 is 63.9 Å². The van der Waals surface area contributed by atoms with Crippen LogP contribution in [0.2, 0.25) is 36.3 Å². The van der Waals surface area contributed by atoms with E-state index in [4.69, 9.17) is 0 Å². The highest BCUT2D eigenvalue weighted by molar-refractivity contribution is 7.84. The van der Waals surface area contributed by atoms with Gasteiger partial charge in [0.1, 0.15) is 0 Å². The average Bonchev–Trinajstić information content (AvgIpc) is 3.33. The molecule has 0 amide bonds. The molecule has 1 nitrogen and oxygen atoms in total. The summed E-state index contributed by atoms with van der Waals surface area (Å²) in [7, 11) is -8.35. The minimum atomic E-state index is -4.66. The van der Waals surface area contributed by atoms with Crippen molar-refractivity contribution in [2.45, 2.75) is 205 Å². The summed E-state index contributed by atoms with van der Waals surface area (Å²) < 4.78 is 96.7. The van der Waals surface area contributed by atoms with Gasteiger partial charge in [-0.3, -0.25) is 0 Å². The summed E-state index contributed by atoms with van der Waals surface area (Å²) in [6.45, 7) is 13.4. The van der Waals surface area contributed by atoms with E-state index < -0.39 is 55.8 Å². The molecule has 1 aliphatic rings. The fourth-order valence-electron chi connectivity index (χ4n) is 10.9. The molecule has 5 rings (SSSR count). The van der Waals surface area contributed by atoms with E-state index in [1.54, 1.807) is 24.3 Å². The second-order valence-electron chi connectivity index (χ2n) is 19.5. The predicted molar refractivity (Wildman–Crippen MR) is 286 cm³/mol. The minimum absolute atomic E-state index is 0.196.